The van der Waals surface area contributed by atoms with Crippen LogP contribution in [0.3, 0.4) is 0 Å². The predicted octanol–water partition coefficient (Wildman–Crippen LogP) is -0.883. The molecule has 7 heteroatoms. The van der Waals surface area contributed by atoms with E-state index in [0.29, 0.717) is 0 Å². The van der Waals surface area contributed by atoms with Crippen molar-refractivity contribution in [2.24, 2.45) is 0 Å². The molecule has 6 N–H and O–H groups in total. The van der Waals surface area contributed by atoms with Crippen LogP contribution in [0.4, 0.5) is 0 Å². The van der Waals surface area contributed by atoms with E-state index in [1.54, 1.807) is 0 Å². The van der Waals surface area contributed by atoms with Gasteiger partial charge < -0.3 is 28.8 Å². The molecule has 0 saturated heterocycles. The van der Waals surface area contributed by atoms with E-state index in [-0.39, 0.29) is 34.7 Å². The summed E-state index contributed by atoms with van der Waals surface area (Å²) >= 11 is 5.52. The first-order valence-electron chi connectivity index (χ1n) is 3.29. The van der Waals surface area contributed by atoms with Crippen molar-refractivity contribution in [2.75, 3.05) is 0 Å². The zero-order valence-corrected chi connectivity index (χ0v) is 9.21. The van der Waals surface area contributed by atoms with Gasteiger partial charge in [-0.15, -0.1) is 0 Å². The summed E-state index contributed by atoms with van der Waals surface area (Å²) < 4.78 is 0. The van der Waals surface area contributed by atoms with Gasteiger partial charge in [-0.1, -0.05) is 17.7 Å². The van der Waals surface area contributed by atoms with Gasteiger partial charge in [-0.25, -0.2) is 9.59 Å². The minimum atomic E-state index is -1.34. The van der Waals surface area contributed by atoms with Crippen molar-refractivity contribution < 1.29 is 32.2 Å². The van der Waals surface area contributed by atoms with Gasteiger partial charge in [0.05, 0.1) is 16.1 Å². The first kappa shape index (κ1) is 16.1. The monoisotopic (exact) mass is 253 g/mol. The fourth-order valence-corrected chi connectivity index (χ4v) is 1.18. The number of carboxylic acid groups (broad SMARTS) is 2. The summed E-state index contributed by atoms with van der Waals surface area (Å²) in [6.07, 6.45) is 0. The van der Waals surface area contributed by atoms with E-state index >= 15 is 0 Å². The fourth-order valence-electron chi connectivity index (χ4n) is 0.920. The van der Waals surface area contributed by atoms with Crippen LogP contribution in [0.5, 0.6) is 0 Å². The highest BCUT2D eigenvalue weighted by atomic mass is 35.5. The number of hydrogen-bond acceptors (Lipinski definition) is 2. The lowest BCUT2D eigenvalue weighted by Crippen LogP contribution is -3.00. The molecule has 0 bridgehead atoms. The lowest BCUT2D eigenvalue weighted by molar-refractivity contribution is -0.0000324. The molecule has 0 aliphatic carbocycles. The molecule has 0 aromatic heterocycles. The average molecular weight is 254 g/mol. The topological polar surface area (TPSA) is 111 Å². The smallest absolute Gasteiger partial charge is 0.338 e. The van der Waals surface area contributed by atoms with Crippen molar-refractivity contribution in [3.05, 3.63) is 34.3 Å². The Morgan fingerprint density at radius 1 is 1.13 bits per heavy atom. The summed E-state index contributed by atoms with van der Waals surface area (Å²) in [6, 6.07) is 3.91. The molecule has 0 aliphatic heterocycles. The van der Waals surface area contributed by atoms with E-state index in [0.717, 1.165) is 0 Å². The molecular formula is C8H9Cl2NO4. The zero-order chi connectivity index (χ0) is 10.0. The number of quaternary nitrogens is 1. The molecule has 0 aliphatic rings. The van der Waals surface area contributed by atoms with E-state index in [1.807, 2.05) is 0 Å². The van der Waals surface area contributed by atoms with Gasteiger partial charge in [-0.2, -0.15) is 0 Å². The first-order chi connectivity index (χ1) is 6.04. The molecular weight excluding hydrogens is 245 g/mol. The Labute approximate surface area is 96.7 Å². The third-order valence-corrected chi connectivity index (χ3v) is 1.77. The van der Waals surface area contributed by atoms with Crippen LogP contribution in [-0.4, -0.2) is 22.2 Å². The third kappa shape index (κ3) is 3.39. The van der Waals surface area contributed by atoms with Crippen LogP contribution in [-0.2, 0) is 0 Å². The molecule has 0 amide bonds. The molecule has 0 unspecified atom stereocenters. The SMILES string of the molecule is O=C(O)c1cccc(Cl)c1C(=O)O.[Cl-].[NH4+]. The molecule has 0 spiro atoms. The van der Waals surface area contributed by atoms with Crippen LogP contribution in [0.1, 0.15) is 20.7 Å². The van der Waals surface area contributed by atoms with Crippen molar-refractivity contribution in [3.63, 3.8) is 0 Å². The Morgan fingerprint density at radius 2 is 1.67 bits per heavy atom. The zero-order valence-electron chi connectivity index (χ0n) is 7.70. The Balaban J connectivity index is 0. The number of rotatable bonds is 2. The molecule has 0 radical (unpaired) electrons. The minimum Gasteiger partial charge on any atom is -1.00 e. The fraction of sp³-hybridized carbons (Fsp3) is 0. The van der Waals surface area contributed by atoms with E-state index in [4.69, 9.17) is 21.8 Å². The largest absolute Gasteiger partial charge is 1.00 e. The van der Waals surface area contributed by atoms with E-state index < -0.39 is 11.9 Å². The number of carboxylic acids is 2. The number of carbonyl (C=O) groups is 2. The highest BCUT2D eigenvalue weighted by molar-refractivity contribution is 6.34. The number of hydrogen-bond donors (Lipinski definition) is 3. The molecule has 1 aromatic rings. The maximum absolute atomic E-state index is 10.6. The maximum atomic E-state index is 10.6. The molecule has 0 heterocycles. The molecule has 0 fully saturated rings. The highest BCUT2D eigenvalue weighted by Crippen LogP contribution is 2.19. The van der Waals surface area contributed by atoms with E-state index in [1.165, 1.54) is 18.2 Å². The second kappa shape index (κ2) is 6.23. The Morgan fingerprint density at radius 3 is 2.00 bits per heavy atom. The van der Waals surface area contributed by atoms with Gasteiger partial charge in [0, 0.05) is 0 Å². The Kier molecular flexibility index (Phi) is 6.71. The lowest BCUT2D eigenvalue weighted by atomic mass is 10.1. The molecule has 1 rings (SSSR count). The summed E-state index contributed by atoms with van der Waals surface area (Å²) in [6.45, 7) is 0. The average Bonchev–Trinajstić information content (AvgIpc) is 2.02. The van der Waals surface area contributed by atoms with Crippen molar-refractivity contribution >= 4 is 23.5 Å². The lowest BCUT2D eigenvalue weighted by Gasteiger charge is -2.02. The molecule has 84 valence electrons. The molecule has 0 atom stereocenters. The van der Waals surface area contributed by atoms with Crippen LogP contribution in [0.2, 0.25) is 5.02 Å². The second-order valence-electron chi connectivity index (χ2n) is 2.27. The van der Waals surface area contributed by atoms with Gasteiger partial charge >= 0.3 is 11.9 Å². The van der Waals surface area contributed by atoms with E-state index in [9.17, 15) is 9.59 Å². The highest BCUT2D eigenvalue weighted by Gasteiger charge is 2.18. The number of halogens is 2. The Bertz CT molecular complexity index is 381. The molecule has 5 nitrogen and oxygen atoms in total. The number of benzene rings is 1. The second-order valence-corrected chi connectivity index (χ2v) is 2.68. The molecule has 1 aromatic carbocycles. The molecule has 15 heavy (non-hydrogen) atoms. The van der Waals surface area contributed by atoms with Gasteiger partial charge in [0.1, 0.15) is 0 Å². The third-order valence-electron chi connectivity index (χ3n) is 1.46. The quantitative estimate of drug-likeness (QED) is 0.636. The van der Waals surface area contributed by atoms with Gasteiger partial charge in [0.15, 0.2) is 0 Å². The first-order valence-corrected chi connectivity index (χ1v) is 3.67. The van der Waals surface area contributed by atoms with Gasteiger partial charge in [-0.05, 0) is 12.1 Å². The predicted molar refractivity (Wildman–Crippen MR) is 51.4 cm³/mol. The van der Waals surface area contributed by atoms with Gasteiger partial charge in [0.25, 0.3) is 0 Å². The summed E-state index contributed by atoms with van der Waals surface area (Å²) in [5.74, 6) is -2.65. The van der Waals surface area contributed by atoms with Crippen molar-refractivity contribution in [1.82, 2.24) is 6.15 Å². The van der Waals surface area contributed by atoms with Gasteiger partial charge in [0.2, 0.25) is 0 Å². The minimum absolute atomic E-state index is 0. The normalized spacial score (nSPS) is 8.33. The summed E-state index contributed by atoms with van der Waals surface area (Å²) in [7, 11) is 0. The Hall–Kier alpha value is -1.30. The van der Waals surface area contributed by atoms with E-state index in [2.05, 4.69) is 0 Å². The van der Waals surface area contributed by atoms with Crippen LogP contribution < -0.4 is 18.6 Å². The summed E-state index contributed by atoms with van der Waals surface area (Å²) in [5.41, 5.74) is -0.684. The van der Waals surface area contributed by atoms with Crippen LogP contribution in [0.25, 0.3) is 0 Å². The van der Waals surface area contributed by atoms with Crippen molar-refractivity contribution in [2.45, 2.75) is 0 Å². The summed E-state index contributed by atoms with van der Waals surface area (Å²) in [4.78, 5) is 21.2. The van der Waals surface area contributed by atoms with Gasteiger partial charge in [-0.3, -0.25) is 0 Å². The molecule has 0 saturated carbocycles. The van der Waals surface area contributed by atoms with Crippen LogP contribution >= 0.6 is 11.6 Å². The number of aromatic carboxylic acids is 2. The standard InChI is InChI=1S/C8H5ClO4.ClH.H3N/c9-5-3-1-2-4(7(10)11)6(5)8(12)13;;/h1-3H,(H,10,11)(H,12,13);1H;1H3. The van der Waals surface area contributed by atoms with Crippen molar-refractivity contribution in [3.8, 4) is 0 Å². The van der Waals surface area contributed by atoms with Crippen LogP contribution in [0, 0.1) is 0 Å². The van der Waals surface area contributed by atoms with Crippen molar-refractivity contribution in [1.29, 1.82) is 0 Å². The summed E-state index contributed by atoms with van der Waals surface area (Å²) in [5, 5.41) is 17.2. The van der Waals surface area contributed by atoms with Crippen LogP contribution in [0.15, 0.2) is 18.2 Å². The maximum Gasteiger partial charge on any atom is 0.338 e.